The van der Waals surface area contributed by atoms with Gasteiger partial charge in [0.25, 0.3) is 0 Å². The molecule has 3 rings (SSSR count). The van der Waals surface area contributed by atoms with E-state index >= 15 is 0 Å². The molecule has 0 radical (unpaired) electrons. The van der Waals surface area contributed by atoms with Crippen molar-refractivity contribution in [2.45, 2.75) is 6.42 Å². The molecule has 0 bridgehead atoms. The second-order valence-electron chi connectivity index (χ2n) is 4.97. The van der Waals surface area contributed by atoms with Crippen LogP contribution in [0.3, 0.4) is 0 Å². The van der Waals surface area contributed by atoms with E-state index in [0.717, 1.165) is 44.8 Å². The highest BCUT2D eigenvalue weighted by atomic mass is 15.3. The lowest BCUT2D eigenvalue weighted by molar-refractivity contribution is 0.244. The first-order valence-electron chi connectivity index (χ1n) is 6.94. The van der Waals surface area contributed by atoms with E-state index in [2.05, 4.69) is 33.6 Å². The minimum atomic E-state index is 1.08. The molecule has 1 saturated heterocycles. The summed E-state index contributed by atoms with van der Waals surface area (Å²) in [7, 11) is 0. The molecule has 0 spiro atoms. The lowest BCUT2D eigenvalue weighted by Crippen LogP contribution is -2.44. The molecule has 1 aromatic carbocycles. The first-order chi connectivity index (χ1) is 9.42. The topological polar surface area (TPSA) is 33.1 Å². The minimum absolute atomic E-state index is 1.08. The van der Waals surface area contributed by atoms with E-state index in [0.29, 0.717) is 0 Å². The number of aromatic nitrogens is 2. The molecule has 0 saturated carbocycles. The number of nitrogens with one attached hydrogen (secondary N) is 1. The van der Waals surface area contributed by atoms with Gasteiger partial charge in [0, 0.05) is 38.9 Å². The Morgan fingerprint density at radius 2 is 1.89 bits per heavy atom. The summed E-state index contributed by atoms with van der Waals surface area (Å²) in [5.74, 6) is 0. The monoisotopic (exact) mass is 256 g/mol. The van der Waals surface area contributed by atoms with E-state index < -0.39 is 0 Å². The molecule has 2 aromatic rings. The number of nitrogens with zero attached hydrogens (tertiary/aromatic N) is 3. The van der Waals surface area contributed by atoms with Crippen LogP contribution in [0.25, 0.3) is 5.69 Å². The second kappa shape index (κ2) is 5.99. The zero-order valence-corrected chi connectivity index (χ0v) is 11.1. The summed E-state index contributed by atoms with van der Waals surface area (Å²) in [5.41, 5.74) is 2.43. The fraction of sp³-hybridized carbons (Fsp3) is 0.400. The first kappa shape index (κ1) is 12.4. The SMILES string of the molecule is c1ccc(-n2cc(CCN3CCNCC3)cn2)cc1. The highest BCUT2D eigenvalue weighted by Crippen LogP contribution is 2.08. The summed E-state index contributed by atoms with van der Waals surface area (Å²) in [6.07, 6.45) is 5.19. The van der Waals surface area contributed by atoms with E-state index in [-0.39, 0.29) is 0 Å². The van der Waals surface area contributed by atoms with Crippen molar-refractivity contribution in [3.05, 3.63) is 48.3 Å². The third-order valence-corrected chi connectivity index (χ3v) is 3.58. The fourth-order valence-electron chi connectivity index (χ4n) is 2.43. The Balaban J connectivity index is 1.59. The van der Waals surface area contributed by atoms with Crippen molar-refractivity contribution in [1.29, 1.82) is 0 Å². The van der Waals surface area contributed by atoms with Crippen LogP contribution < -0.4 is 5.32 Å². The van der Waals surface area contributed by atoms with Crippen molar-refractivity contribution in [2.75, 3.05) is 32.7 Å². The molecule has 1 aliphatic heterocycles. The Hall–Kier alpha value is -1.65. The molecular weight excluding hydrogens is 236 g/mol. The van der Waals surface area contributed by atoms with Gasteiger partial charge < -0.3 is 10.2 Å². The summed E-state index contributed by atoms with van der Waals surface area (Å²) in [5, 5.41) is 7.82. The van der Waals surface area contributed by atoms with Crippen LogP contribution in [0.1, 0.15) is 5.56 Å². The third-order valence-electron chi connectivity index (χ3n) is 3.58. The van der Waals surface area contributed by atoms with Crippen LogP contribution >= 0.6 is 0 Å². The fourth-order valence-corrected chi connectivity index (χ4v) is 2.43. The molecule has 19 heavy (non-hydrogen) atoms. The highest BCUT2D eigenvalue weighted by Gasteiger charge is 2.09. The molecule has 1 fully saturated rings. The Bertz CT molecular complexity index is 500. The third kappa shape index (κ3) is 3.22. The lowest BCUT2D eigenvalue weighted by atomic mass is 10.2. The maximum atomic E-state index is 4.44. The zero-order valence-electron chi connectivity index (χ0n) is 11.1. The van der Waals surface area contributed by atoms with Gasteiger partial charge in [-0.2, -0.15) is 5.10 Å². The summed E-state index contributed by atoms with van der Waals surface area (Å²) < 4.78 is 1.95. The summed E-state index contributed by atoms with van der Waals surface area (Å²) in [4.78, 5) is 2.51. The quantitative estimate of drug-likeness (QED) is 0.895. The van der Waals surface area contributed by atoms with Crippen LogP contribution in [0.4, 0.5) is 0 Å². The van der Waals surface area contributed by atoms with Gasteiger partial charge in [-0.1, -0.05) is 18.2 Å². The van der Waals surface area contributed by atoms with Crippen LogP contribution in [0.2, 0.25) is 0 Å². The Morgan fingerprint density at radius 3 is 2.68 bits per heavy atom. The largest absolute Gasteiger partial charge is 0.314 e. The number of piperazine rings is 1. The van der Waals surface area contributed by atoms with Gasteiger partial charge in [0.05, 0.1) is 11.9 Å². The molecule has 0 aliphatic carbocycles. The maximum Gasteiger partial charge on any atom is 0.0645 e. The standard InChI is InChI=1S/C15H20N4/c1-2-4-15(5-3-1)19-13-14(12-17-19)6-9-18-10-7-16-8-11-18/h1-5,12-13,16H,6-11H2. The normalized spacial score (nSPS) is 16.6. The number of para-hydroxylation sites is 1. The van der Waals surface area contributed by atoms with Gasteiger partial charge in [0.2, 0.25) is 0 Å². The second-order valence-corrected chi connectivity index (χ2v) is 4.97. The summed E-state index contributed by atoms with van der Waals surface area (Å²) >= 11 is 0. The molecule has 1 N–H and O–H groups in total. The zero-order chi connectivity index (χ0) is 12.9. The molecule has 0 amide bonds. The van der Waals surface area contributed by atoms with Gasteiger partial charge in [-0.25, -0.2) is 4.68 Å². The number of benzene rings is 1. The van der Waals surface area contributed by atoms with E-state index in [1.165, 1.54) is 5.56 Å². The van der Waals surface area contributed by atoms with Gasteiger partial charge >= 0.3 is 0 Å². The van der Waals surface area contributed by atoms with Crippen LogP contribution in [-0.4, -0.2) is 47.4 Å². The number of hydrogen-bond donors (Lipinski definition) is 1. The van der Waals surface area contributed by atoms with E-state index in [9.17, 15) is 0 Å². The van der Waals surface area contributed by atoms with Crippen LogP contribution in [0.15, 0.2) is 42.7 Å². The maximum absolute atomic E-state index is 4.44. The van der Waals surface area contributed by atoms with Gasteiger partial charge in [0.15, 0.2) is 0 Å². The predicted octanol–water partition coefficient (Wildman–Crippen LogP) is 1.32. The predicted molar refractivity (Wildman–Crippen MR) is 76.6 cm³/mol. The van der Waals surface area contributed by atoms with Crippen LogP contribution in [0, 0.1) is 0 Å². The Kier molecular flexibility index (Phi) is 3.91. The highest BCUT2D eigenvalue weighted by molar-refractivity contribution is 5.30. The van der Waals surface area contributed by atoms with Crippen molar-refractivity contribution >= 4 is 0 Å². The molecule has 0 atom stereocenters. The van der Waals surface area contributed by atoms with Gasteiger partial charge in [0.1, 0.15) is 0 Å². The molecule has 2 heterocycles. The van der Waals surface area contributed by atoms with Crippen LogP contribution in [0.5, 0.6) is 0 Å². The van der Waals surface area contributed by atoms with E-state index in [4.69, 9.17) is 0 Å². The van der Waals surface area contributed by atoms with Gasteiger partial charge in [-0.15, -0.1) is 0 Å². The minimum Gasteiger partial charge on any atom is -0.314 e. The Labute approximate surface area is 114 Å². The van der Waals surface area contributed by atoms with Crippen molar-refractivity contribution in [2.24, 2.45) is 0 Å². The molecule has 1 aromatic heterocycles. The van der Waals surface area contributed by atoms with Gasteiger partial charge in [-0.3, -0.25) is 0 Å². The van der Waals surface area contributed by atoms with Crippen molar-refractivity contribution in [1.82, 2.24) is 20.0 Å². The Morgan fingerprint density at radius 1 is 1.11 bits per heavy atom. The number of hydrogen-bond acceptors (Lipinski definition) is 3. The summed E-state index contributed by atoms with van der Waals surface area (Å²) in [6, 6.07) is 10.3. The first-order valence-corrected chi connectivity index (χ1v) is 6.94. The lowest BCUT2D eigenvalue weighted by Gasteiger charge is -2.26. The van der Waals surface area contributed by atoms with E-state index in [1.807, 2.05) is 29.1 Å². The smallest absolute Gasteiger partial charge is 0.0645 e. The van der Waals surface area contributed by atoms with Gasteiger partial charge in [-0.05, 0) is 24.1 Å². The van der Waals surface area contributed by atoms with Crippen molar-refractivity contribution in [3.8, 4) is 5.69 Å². The van der Waals surface area contributed by atoms with Crippen molar-refractivity contribution < 1.29 is 0 Å². The average molecular weight is 256 g/mol. The molecule has 4 heteroatoms. The van der Waals surface area contributed by atoms with Crippen molar-refractivity contribution in [3.63, 3.8) is 0 Å². The molecular formula is C15H20N4. The average Bonchev–Trinajstić information content (AvgIpc) is 2.96. The van der Waals surface area contributed by atoms with Crippen LogP contribution in [-0.2, 0) is 6.42 Å². The molecule has 1 aliphatic rings. The number of rotatable bonds is 4. The molecule has 4 nitrogen and oxygen atoms in total. The molecule has 100 valence electrons. The summed E-state index contributed by atoms with van der Waals surface area (Å²) in [6.45, 7) is 5.67. The molecule has 0 unspecified atom stereocenters. The van der Waals surface area contributed by atoms with E-state index in [1.54, 1.807) is 0 Å².